The third-order valence-corrected chi connectivity index (χ3v) is 10.6. The van der Waals surface area contributed by atoms with E-state index in [2.05, 4.69) is 41.8 Å². The van der Waals surface area contributed by atoms with Crippen LogP contribution in [0.3, 0.4) is 0 Å². The molecule has 43 heavy (non-hydrogen) atoms. The number of carboxylic acid groups (broad SMARTS) is 1. The Bertz CT molecular complexity index is 1570. The summed E-state index contributed by atoms with van der Waals surface area (Å²) in [5, 5.41) is 11.7. The summed E-state index contributed by atoms with van der Waals surface area (Å²) in [7, 11) is 0. The molecule has 0 spiro atoms. The molecule has 1 unspecified atom stereocenters. The van der Waals surface area contributed by atoms with Crippen LogP contribution in [0.2, 0.25) is 0 Å². The Morgan fingerprint density at radius 1 is 1.05 bits per heavy atom. The van der Waals surface area contributed by atoms with Crippen molar-refractivity contribution in [1.82, 2.24) is 9.55 Å². The molecule has 6 heteroatoms. The van der Waals surface area contributed by atoms with Crippen LogP contribution in [-0.4, -0.2) is 25.9 Å². The number of aryl methyl sites for hydroxylation is 1. The summed E-state index contributed by atoms with van der Waals surface area (Å²) in [5.74, 6) is 1.01. The lowest BCUT2D eigenvalue weighted by Gasteiger charge is -2.25. The second kappa shape index (κ2) is 12.8. The number of hydrogen-bond donors (Lipinski definition) is 1. The first-order valence-electron chi connectivity index (χ1n) is 16.0. The Hall–Kier alpha value is -3.25. The Morgan fingerprint density at radius 3 is 2.56 bits per heavy atom. The summed E-state index contributed by atoms with van der Waals surface area (Å²) >= 11 is 1.91. The molecule has 2 aromatic heterocycles. The molecule has 4 aromatic rings. The van der Waals surface area contributed by atoms with Crippen LogP contribution < -0.4 is 4.74 Å². The maximum atomic E-state index is 12.3. The highest BCUT2D eigenvalue weighted by Crippen LogP contribution is 2.48. The molecule has 0 saturated heterocycles. The van der Waals surface area contributed by atoms with E-state index in [-0.39, 0.29) is 0 Å². The van der Waals surface area contributed by atoms with Crippen LogP contribution in [0.1, 0.15) is 82.7 Å². The minimum absolute atomic E-state index is 0.383. The third kappa shape index (κ3) is 6.50. The lowest BCUT2D eigenvalue weighted by Crippen LogP contribution is -2.28. The predicted molar refractivity (Wildman–Crippen MR) is 176 cm³/mol. The molecule has 6 rings (SSSR count). The summed E-state index contributed by atoms with van der Waals surface area (Å²) in [5.41, 5.74) is 5.96. The fourth-order valence-corrected chi connectivity index (χ4v) is 8.22. The standard InChI is InChI=1S/C37H44N2O3S/c1-25-21-30-33(42-24-29-17-16-28(23-38-29)27-14-8-5-9-15-27)19-18-31-34(30)35(43-25)32(22-37(2,3)36(40)41)39(31)20-10-13-26-11-6-4-7-12-26/h5,8-9,14-19,23,25-26H,4,6-7,10-13,20-22,24H2,1-3H3,(H,40,41). The van der Waals surface area contributed by atoms with Crippen molar-refractivity contribution < 1.29 is 14.6 Å². The lowest BCUT2D eigenvalue weighted by molar-refractivity contribution is -0.146. The second-order valence-electron chi connectivity index (χ2n) is 13.2. The minimum atomic E-state index is -0.843. The lowest BCUT2D eigenvalue weighted by atomic mass is 9.86. The summed E-state index contributed by atoms with van der Waals surface area (Å²) in [6, 6.07) is 18.8. The normalized spacial score (nSPS) is 17.3. The molecule has 0 amide bonds. The molecule has 2 aliphatic rings. The maximum absolute atomic E-state index is 12.3. The van der Waals surface area contributed by atoms with Gasteiger partial charge < -0.3 is 14.4 Å². The summed E-state index contributed by atoms with van der Waals surface area (Å²) < 4.78 is 8.94. The topological polar surface area (TPSA) is 64.3 Å². The summed E-state index contributed by atoms with van der Waals surface area (Å²) in [6.07, 6.45) is 12.6. The van der Waals surface area contributed by atoms with Crippen molar-refractivity contribution in [2.75, 3.05) is 0 Å². The largest absolute Gasteiger partial charge is 0.487 e. The van der Waals surface area contributed by atoms with E-state index in [0.29, 0.717) is 18.3 Å². The van der Waals surface area contributed by atoms with Crippen molar-refractivity contribution in [2.45, 2.75) is 102 Å². The van der Waals surface area contributed by atoms with Gasteiger partial charge in [0.2, 0.25) is 0 Å². The molecule has 1 saturated carbocycles. The van der Waals surface area contributed by atoms with E-state index < -0.39 is 11.4 Å². The number of rotatable bonds is 11. The molecule has 1 aliphatic heterocycles. The Kier molecular flexibility index (Phi) is 8.85. The first-order chi connectivity index (χ1) is 20.8. The van der Waals surface area contributed by atoms with Crippen LogP contribution in [0.4, 0.5) is 0 Å². The molecule has 1 N–H and O–H groups in total. The molecule has 3 heterocycles. The third-order valence-electron chi connectivity index (χ3n) is 9.38. The fraction of sp³-hybridized carbons (Fsp3) is 0.459. The molecule has 5 nitrogen and oxygen atoms in total. The van der Waals surface area contributed by atoms with Gasteiger partial charge in [-0.25, -0.2) is 0 Å². The SMILES string of the molecule is CC1Cc2c(OCc3ccc(-c4ccccc4)cn3)ccc3c2c(c(CC(C)(C)C(=O)O)n3CCCC2CCCCC2)S1. The Morgan fingerprint density at radius 2 is 1.84 bits per heavy atom. The van der Waals surface area contributed by atoms with Crippen molar-refractivity contribution >= 4 is 28.6 Å². The highest BCUT2D eigenvalue weighted by molar-refractivity contribution is 8.00. The van der Waals surface area contributed by atoms with Crippen LogP contribution in [0.15, 0.2) is 65.7 Å². The number of benzene rings is 2. The first-order valence-corrected chi connectivity index (χ1v) is 16.9. The van der Waals surface area contributed by atoms with Crippen molar-refractivity contribution in [3.8, 4) is 16.9 Å². The molecule has 0 radical (unpaired) electrons. The Labute approximate surface area is 260 Å². The highest BCUT2D eigenvalue weighted by atomic mass is 32.2. The number of ether oxygens (including phenoxy) is 1. The molecular formula is C37H44N2O3S. The molecule has 0 bridgehead atoms. The average Bonchev–Trinajstić information content (AvgIpc) is 3.29. The van der Waals surface area contributed by atoms with E-state index in [1.807, 2.05) is 56.1 Å². The monoisotopic (exact) mass is 596 g/mol. The van der Waals surface area contributed by atoms with E-state index >= 15 is 0 Å². The number of carboxylic acids is 1. The zero-order valence-corrected chi connectivity index (χ0v) is 26.6. The molecule has 1 atom stereocenters. The van der Waals surface area contributed by atoms with Crippen molar-refractivity contribution in [1.29, 1.82) is 0 Å². The quantitative estimate of drug-likeness (QED) is 0.187. The number of thioether (sulfide) groups is 1. The van der Waals surface area contributed by atoms with Crippen molar-refractivity contribution in [2.24, 2.45) is 11.3 Å². The average molecular weight is 597 g/mol. The van der Waals surface area contributed by atoms with Gasteiger partial charge in [0.25, 0.3) is 0 Å². The van der Waals surface area contributed by atoms with Crippen LogP contribution >= 0.6 is 11.8 Å². The molecular weight excluding hydrogens is 552 g/mol. The number of aliphatic carboxylic acids is 1. The van der Waals surface area contributed by atoms with Crippen LogP contribution in [0, 0.1) is 11.3 Å². The maximum Gasteiger partial charge on any atom is 0.309 e. The number of hydrogen-bond acceptors (Lipinski definition) is 4. The van der Waals surface area contributed by atoms with Gasteiger partial charge in [-0.1, -0.05) is 75.4 Å². The van der Waals surface area contributed by atoms with Gasteiger partial charge in [-0.15, -0.1) is 11.8 Å². The van der Waals surface area contributed by atoms with Crippen molar-refractivity contribution in [3.05, 3.63) is 77.7 Å². The second-order valence-corrected chi connectivity index (χ2v) is 14.7. The number of carbonyl (C=O) groups is 1. The van der Waals surface area contributed by atoms with E-state index in [0.717, 1.165) is 47.9 Å². The van der Waals surface area contributed by atoms with Crippen LogP contribution in [-0.2, 0) is 30.8 Å². The zero-order chi connectivity index (χ0) is 30.0. The van der Waals surface area contributed by atoms with Crippen molar-refractivity contribution in [3.63, 3.8) is 0 Å². The minimum Gasteiger partial charge on any atom is -0.487 e. The first kappa shape index (κ1) is 29.8. The predicted octanol–water partition coefficient (Wildman–Crippen LogP) is 9.33. The Balaban J connectivity index is 1.30. The van der Waals surface area contributed by atoms with E-state index in [1.165, 1.54) is 65.6 Å². The van der Waals surface area contributed by atoms with Gasteiger partial charge in [0.1, 0.15) is 12.4 Å². The zero-order valence-electron chi connectivity index (χ0n) is 25.8. The van der Waals surface area contributed by atoms with Gasteiger partial charge in [-0.2, -0.15) is 0 Å². The number of aromatic nitrogens is 2. The van der Waals surface area contributed by atoms with E-state index in [4.69, 9.17) is 9.72 Å². The van der Waals surface area contributed by atoms with Gasteiger partial charge in [-0.05, 0) is 62.8 Å². The fourth-order valence-electron chi connectivity index (χ4n) is 6.90. The molecule has 1 aliphatic carbocycles. The molecule has 2 aromatic carbocycles. The van der Waals surface area contributed by atoms with Crippen LogP contribution in [0.5, 0.6) is 5.75 Å². The van der Waals surface area contributed by atoms with Gasteiger partial charge in [-0.3, -0.25) is 9.78 Å². The molecule has 226 valence electrons. The van der Waals surface area contributed by atoms with Gasteiger partial charge >= 0.3 is 5.97 Å². The highest BCUT2D eigenvalue weighted by Gasteiger charge is 2.34. The van der Waals surface area contributed by atoms with E-state index in [9.17, 15) is 9.90 Å². The smallest absolute Gasteiger partial charge is 0.309 e. The van der Waals surface area contributed by atoms with Gasteiger partial charge in [0.05, 0.1) is 11.1 Å². The van der Waals surface area contributed by atoms with E-state index in [1.54, 1.807) is 0 Å². The number of nitrogens with zero attached hydrogens (tertiary/aromatic N) is 2. The van der Waals surface area contributed by atoms with Gasteiger partial charge in [0, 0.05) is 57.0 Å². The summed E-state index contributed by atoms with van der Waals surface area (Å²) in [6.45, 7) is 7.32. The summed E-state index contributed by atoms with van der Waals surface area (Å²) in [4.78, 5) is 18.2. The van der Waals surface area contributed by atoms with Gasteiger partial charge in [0.15, 0.2) is 0 Å². The van der Waals surface area contributed by atoms with Crippen LogP contribution in [0.25, 0.3) is 22.0 Å². The molecule has 1 fully saturated rings. The number of pyridine rings is 1.